The van der Waals surface area contributed by atoms with E-state index < -0.39 is 11.7 Å². The standard InChI is InChI=1S/C35H55NO5/c1-31(2)26-14-19-33(4)27(32(26,3)17-15-28(31)38)21-25(37)29-24(13-18-34(29,33)5)35(6,40)16-8-20-36-30(39)22-9-11-23(41-7)12-10-22/h9-12,24-29,37-38,40H,8,13-21H2,1-7H3,(H,36,39)/t24-,25+,26?,27?,28-,29?,32-,33+,34+,35-/m0/s1. The molecular formula is C35H55NO5. The van der Waals surface area contributed by atoms with E-state index in [9.17, 15) is 20.1 Å². The van der Waals surface area contributed by atoms with Crippen molar-refractivity contribution in [3.05, 3.63) is 29.8 Å². The summed E-state index contributed by atoms with van der Waals surface area (Å²) in [5.41, 5.74) is -0.264. The molecule has 0 bridgehead atoms. The van der Waals surface area contributed by atoms with Crippen molar-refractivity contribution in [2.45, 2.75) is 117 Å². The molecule has 6 nitrogen and oxygen atoms in total. The molecule has 0 radical (unpaired) electrons. The molecule has 10 atom stereocenters. The third kappa shape index (κ3) is 4.75. The van der Waals surface area contributed by atoms with Crippen molar-refractivity contribution >= 4 is 5.91 Å². The predicted molar refractivity (Wildman–Crippen MR) is 162 cm³/mol. The highest BCUT2D eigenvalue weighted by molar-refractivity contribution is 5.94. The molecule has 3 unspecified atom stereocenters. The molecule has 1 aromatic carbocycles. The fourth-order valence-corrected chi connectivity index (χ4v) is 11.1. The molecule has 4 aliphatic rings. The molecule has 230 valence electrons. The maximum atomic E-state index is 12.6. The van der Waals surface area contributed by atoms with E-state index in [4.69, 9.17) is 4.74 Å². The lowest BCUT2D eigenvalue weighted by molar-refractivity contribution is -0.246. The van der Waals surface area contributed by atoms with Crippen LogP contribution in [0.4, 0.5) is 0 Å². The largest absolute Gasteiger partial charge is 0.497 e. The van der Waals surface area contributed by atoms with Crippen LogP contribution < -0.4 is 10.1 Å². The molecule has 41 heavy (non-hydrogen) atoms. The van der Waals surface area contributed by atoms with Gasteiger partial charge in [0.25, 0.3) is 5.91 Å². The summed E-state index contributed by atoms with van der Waals surface area (Å²) < 4.78 is 5.18. The Morgan fingerprint density at radius 2 is 1.63 bits per heavy atom. The van der Waals surface area contributed by atoms with E-state index in [0.717, 1.165) is 50.7 Å². The van der Waals surface area contributed by atoms with Crippen molar-refractivity contribution in [1.82, 2.24) is 5.32 Å². The van der Waals surface area contributed by atoms with Gasteiger partial charge in [0.05, 0.1) is 24.9 Å². The summed E-state index contributed by atoms with van der Waals surface area (Å²) in [4.78, 5) is 12.6. The van der Waals surface area contributed by atoms with Crippen LogP contribution in [0.2, 0.25) is 0 Å². The summed E-state index contributed by atoms with van der Waals surface area (Å²) in [6, 6.07) is 7.07. The number of hydrogen-bond donors (Lipinski definition) is 4. The Balaban J connectivity index is 1.27. The highest BCUT2D eigenvalue weighted by Gasteiger charge is 2.71. The lowest BCUT2D eigenvalue weighted by atomic mass is 9.35. The van der Waals surface area contributed by atoms with Crippen molar-refractivity contribution in [3.8, 4) is 5.75 Å². The van der Waals surface area contributed by atoms with Gasteiger partial charge in [-0.1, -0.05) is 34.6 Å². The van der Waals surface area contributed by atoms with E-state index in [-0.39, 0.29) is 45.5 Å². The first-order valence-corrected chi connectivity index (χ1v) is 16.1. The third-order valence-electron chi connectivity index (χ3n) is 13.7. The molecule has 5 rings (SSSR count). The number of carbonyl (C=O) groups excluding carboxylic acids is 1. The first kappa shape index (κ1) is 30.8. The minimum absolute atomic E-state index is 0.0349. The molecule has 0 spiro atoms. The van der Waals surface area contributed by atoms with E-state index in [1.807, 2.05) is 6.92 Å². The van der Waals surface area contributed by atoms with Gasteiger partial charge in [-0.15, -0.1) is 0 Å². The molecule has 0 heterocycles. The van der Waals surface area contributed by atoms with Crippen LogP contribution in [0.25, 0.3) is 0 Å². The monoisotopic (exact) mass is 569 g/mol. The van der Waals surface area contributed by atoms with Crippen LogP contribution in [0, 0.1) is 45.3 Å². The van der Waals surface area contributed by atoms with Crippen LogP contribution in [0.15, 0.2) is 24.3 Å². The second-order valence-electron chi connectivity index (χ2n) is 15.8. The number of hydrogen-bond acceptors (Lipinski definition) is 5. The number of carbonyl (C=O) groups is 1. The molecule has 4 fully saturated rings. The lowest BCUT2D eigenvalue weighted by Gasteiger charge is -2.70. The quantitative estimate of drug-likeness (QED) is 0.303. The van der Waals surface area contributed by atoms with Crippen molar-refractivity contribution in [1.29, 1.82) is 0 Å². The Hall–Kier alpha value is -1.63. The second kappa shape index (κ2) is 10.5. The molecule has 4 saturated carbocycles. The lowest BCUT2D eigenvalue weighted by Crippen LogP contribution is -2.66. The van der Waals surface area contributed by atoms with Crippen molar-refractivity contribution in [2.24, 2.45) is 45.3 Å². The summed E-state index contributed by atoms with van der Waals surface area (Å²) >= 11 is 0. The fourth-order valence-electron chi connectivity index (χ4n) is 11.1. The van der Waals surface area contributed by atoms with Gasteiger partial charge in [0, 0.05) is 12.1 Å². The Bertz CT molecular complexity index is 1120. The van der Waals surface area contributed by atoms with Gasteiger partial charge < -0.3 is 25.4 Å². The second-order valence-corrected chi connectivity index (χ2v) is 15.8. The van der Waals surface area contributed by atoms with E-state index in [0.29, 0.717) is 36.8 Å². The van der Waals surface area contributed by atoms with Crippen molar-refractivity contribution in [2.75, 3.05) is 13.7 Å². The fraction of sp³-hybridized carbons (Fsp3) is 0.800. The highest BCUT2D eigenvalue weighted by atomic mass is 16.5. The van der Waals surface area contributed by atoms with Crippen LogP contribution in [0.1, 0.15) is 110 Å². The number of amides is 1. The van der Waals surface area contributed by atoms with Gasteiger partial charge in [0.2, 0.25) is 0 Å². The Kier molecular flexibility index (Phi) is 7.91. The third-order valence-corrected chi connectivity index (χ3v) is 13.7. The van der Waals surface area contributed by atoms with Gasteiger partial charge in [-0.05, 0) is 134 Å². The van der Waals surface area contributed by atoms with E-state index in [2.05, 4.69) is 39.9 Å². The van der Waals surface area contributed by atoms with E-state index in [1.54, 1.807) is 31.4 Å². The zero-order chi connectivity index (χ0) is 30.0. The van der Waals surface area contributed by atoms with Gasteiger partial charge in [-0.2, -0.15) is 0 Å². The number of ether oxygens (including phenoxy) is 1. The van der Waals surface area contributed by atoms with Crippen LogP contribution in [0.5, 0.6) is 5.75 Å². The topological polar surface area (TPSA) is 99.0 Å². The number of methoxy groups -OCH3 is 1. The molecule has 0 aliphatic heterocycles. The molecule has 4 aliphatic carbocycles. The van der Waals surface area contributed by atoms with Crippen LogP contribution in [-0.4, -0.2) is 52.7 Å². The summed E-state index contributed by atoms with van der Waals surface area (Å²) in [6.07, 6.45) is 7.45. The summed E-state index contributed by atoms with van der Waals surface area (Å²) in [6.45, 7) is 14.4. The van der Waals surface area contributed by atoms with Crippen LogP contribution >= 0.6 is 0 Å². The summed E-state index contributed by atoms with van der Waals surface area (Å²) in [5, 5.41) is 37.7. The first-order valence-electron chi connectivity index (χ1n) is 16.1. The summed E-state index contributed by atoms with van der Waals surface area (Å²) in [5.74, 6) is 1.56. The maximum Gasteiger partial charge on any atom is 0.251 e. The maximum absolute atomic E-state index is 12.6. The molecule has 4 N–H and O–H groups in total. The van der Waals surface area contributed by atoms with Crippen LogP contribution in [0.3, 0.4) is 0 Å². The van der Waals surface area contributed by atoms with Gasteiger partial charge in [0.1, 0.15) is 5.75 Å². The zero-order valence-electron chi connectivity index (χ0n) is 26.5. The number of nitrogens with one attached hydrogen (secondary N) is 1. The van der Waals surface area contributed by atoms with Crippen molar-refractivity contribution < 1.29 is 24.9 Å². The highest BCUT2D eigenvalue weighted by Crippen LogP contribution is 2.75. The molecule has 0 saturated heterocycles. The smallest absolute Gasteiger partial charge is 0.251 e. The number of aliphatic hydroxyl groups excluding tert-OH is 2. The van der Waals surface area contributed by atoms with E-state index in [1.165, 1.54) is 0 Å². The van der Waals surface area contributed by atoms with Crippen molar-refractivity contribution in [3.63, 3.8) is 0 Å². The zero-order valence-corrected chi connectivity index (χ0v) is 26.5. The average Bonchev–Trinajstić information content (AvgIpc) is 3.31. The molecule has 1 amide bonds. The number of fused-ring (bicyclic) bond motifs is 5. The number of benzene rings is 1. The number of rotatable bonds is 7. The average molecular weight is 570 g/mol. The minimum Gasteiger partial charge on any atom is -0.497 e. The predicted octanol–water partition coefficient (Wildman–Crippen LogP) is 5.97. The normalized spacial score (nSPS) is 42.8. The Morgan fingerprint density at radius 3 is 2.29 bits per heavy atom. The molecular weight excluding hydrogens is 514 g/mol. The van der Waals surface area contributed by atoms with Gasteiger partial charge in [-0.25, -0.2) is 0 Å². The Labute approximate surface area is 247 Å². The van der Waals surface area contributed by atoms with Crippen LogP contribution in [-0.2, 0) is 0 Å². The molecule has 0 aromatic heterocycles. The van der Waals surface area contributed by atoms with Gasteiger partial charge >= 0.3 is 0 Å². The SMILES string of the molecule is COc1ccc(C(=O)NCCC[C@](C)(O)[C@H]2CC[C@]3(C)C2[C@H](O)CC2[C@@]4(C)CC[C@H](O)C(C)(C)C4CC[C@]23C)cc1. The van der Waals surface area contributed by atoms with E-state index >= 15 is 0 Å². The number of aliphatic hydroxyl groups is 3. The first-order chi connectivity index (χ1) is 19.1. The minimum atomic E-state index is -0.907. The summed E-state index contributed by atoms with van der Waals surface area (Å²) in [7, 11) is 1.60. The Morgan fingerprint density at radius 1 is 0.976 bits per heavy atom. The molecule has 6 heteroatoms. The van der Waals surface area contributed by atoms with Gasteiger partial charge in [-0.3, -0.25) is 4.79 Å². The van der Waals surface area contributed by atoms with Gasteiger partial charge in [0.15, 0.2) is 0 Å². The molecule has 1 aromatic rings.